The summed E-state index contributed by atoms with van der Waals surface area (Å²) in [6.07, 6.45) is 3.41. The van der Waals surface area contributed by atoms with E-state index in [0.717, 1.165) is 15.9 Å². The van der Waals surface area contributed by atoms with Gasteiger partial charge in [-0.25, -0.2) is 9.59 Å². The van der Waals surface area contributed by atoms with Crippen LogP contribution in [0, 0.1) is 5.92 Å². The molecule has 0 aliphatic carbocycles. The molecule has 1 saturated heterocycles. The molecule has 9 heteroatoms. The Labute approximate surface area is 209 Å². The number of likely N-dealkylation sites (tertiary alicyclic amines) is 1. The van der Waals surface area contributed by atoms with Gasteiger partial charge in [0.05, 0.1) is 11.0 Å². The number of para-hydroxylation sites is 2. The highest BCUT2D eigenvalue weighted by atomic mass is 32.2. The lowest BCUT2D eigenvalue weighted by molar-refractivity contribution is -0.133. The average Bonchev–Trinajstić information content (AvgIpc) is 3.19. The first kappa shape index (κ1) is 24.9. The lowest BCUT2D eigenvalue weighted by atomic mass is 10.0. The lowest BCUT2D eigenvalue weighted by Crippen LogP contribution is -2.48. The zero-order chi connectivity index (χ0) is 24.9. The Morgan fingerprint density at radius 2 is 1.80 bits per heavy atom. The first-order chi connectivity index (χ1) is 16.9. The van der Waals surface area contributed by atoms with Crippen molar-refractivity contribution in [1.82, 2.24) is 19.4 Å². The quantitative estimate of drug-likeness (QED) is 0.475. The third kappa shape index (κ3) is 5.90. The number of nitrogens with one attached hydrogen (secondary N) is 2. The summed E-state index contributed by atoms with van der Waals surface area (Å²) in [7, 11) is 0. The highest BCUT2D eigenvalue weighted by Crippen LogP contribution is 2.25. The van der Waals surface area contributed by atoms with Crippen LogP contribution in [-0.2, 0) is 4.79 Å². The molecule has 0 radical (unpaired) electrons. The molecule has 0 atom stereocenters. The number of amides is 3. The number of thioether (sulfide) groups is 1. The van der Waals surface area contributed by atoms with Crippen molar-refractivity contribution in [2.75, 3.05) is 37.8 Å². The van der Waals surface area contributed by atoms with E-state index in [2.05, 4.69) is 10.3 Å². The molecular weight excluding hydrogens is 462 g/mol. The Hall–Kier alpha value is -3.20. The number of carbonyl (C=O) groups is 2. The Bertz CT molecular complexity index is 1230. The van der Waals surface area contributed by atoms with Crippen molar-refractivity contribution in [1.29, 1.82) is 0 Å². The molecule has 1 fully saturated rings. The molecule has 2 heterocycles. The molecule has 186 valence electrons. The lowest BCUT2D eigenvalue weighted by Gasteiger charge is -2.34. The maximum absolute atomic E-state index is 13.1. The Morgan fingerprint density at radius 3 is 2.46 bits per heavy atom. The molecule has 3 amide bonds. The van der Waals surface area contributed by atoms with Gasteiger partial charge in [0.15, 0.2) is 0 Å². The van der Waals surface area contributed by atoms with Crippen molar-refractivity contribution in [2.45, 2.75) is 37.6 Å². The minimum Gasteiger partial charge on any atom is -0.341 e. The number of H-pyrrole nitrogens is 1. The maximum Gasteiger partial charge on any atom is 0.326 e. The number of urea groups is 1. The van der Waals surface area contributed by atoms with Crippen LogP contribution in [-0.4, -0.2) is 63.7 Å². The summed E-state index contributed by atoms with van der Waals surface area (Å²) in [6, 6.07) is 15.1. The predicted molar refractivity (Wildman–Crippen MR) is 141 cm³/mol. The predicted octanol–water partition coefficient (Wildman–Crippen LogP) is 4.41. The van der Waals surface area contributed by atoms with Crippen molar-refractivity contribution < 1.29 is 9.59 Å². The number of benzene rings is 2. The van der Waals surface area contributed by atoms with Crippen molar-refractivity contribution in [3.8, 4) is 0 Å². The number of imidazole rings is 1. The summed E-state index contributed by atoms with van der Waals surface area (Å²) >= 11 is 1.64. The number of aromatic amines is 1. The van der Waals surface area contributed by atoms with Gasteiger partial charge in [0.1, 0.15) is 6.54 Å². The van der Waals surface area contributed by atoms with Gasteiger partial charge >= 0.3 is 11.7 Å². The monoisotopic (exact) mass is 495 g/mol. The number of hydrogen-bond donors (Lipinski definition) is 2. The molecule has 1 aliphatic rings. The normalized spacial score (nSPS) is 14.5. The number of nitrogens with zero attached hydrogens (tertiary/aromatic N) is 3. The van der Waals surface area contributed by atoms with Gasteiger partial charge in [-0.15, -0.1) is 11.8 Å². The first-order valence-corrected chi connectivity index (χ1v) is 13.2. The summed E-state index contributed by atoms with van der Waals surface area (Å²) in [4.78, 5) is 46.1. The van der Waals surface area contributed by atoms with Gasteiger partial charge in [-0.1, -0.05) is 26.0 Å². The zero-order valence-corrected chi connectivity index (χ0v) is 21.3. The molecule has 4 rings (SSSR count). The topological polar surface area (TPSA) is 90.4 Å². The van der Waals surface area contributed by atoms with Gasteiger partial charge in [-0.2, -0.15) is 0 Å². The fraction of sp³-hybridized carbons (Fsp3) is 0.423. The van der Waals surface area contributed by atoms with Crippen molar-refractivity contribution in [2.24, 2.45) is 5.92 Å². The third-order valence-electron chi connectivity index (χ3n) is 6.35. The van der Waals surface area contributed by atoms with Gasteiger partial charge in [0, 0.05) is 36.3 Å². The number of anilines is 1. The minimum absolute atomic E-state index is 0.0324. The Kier molecular flexibility index (Phi) is 7.85. The average molecular weight is 496 g/mol. The number of rotatable bonds is 7. The third-order valence-corrected chi connectivity index (χ3v) is 7.09. The van der Waals surface area contributed by atoms with Crippen LogP contribution in [0.4, 0.5) is 10.5 Å². The van der Waals surface area contributed by atoms with Gasteiger partial charge in [-0.05, 0) is 61.4 Å². The molecule has 0 bridgehead atoms. The second-order valence-electron chi connectivity index (χ2n) is 9.36. The molecule has 0 unspecified atom stereocenters. The van der Waals surface area contributed by atoms with E-state index in [-0.39, 0.29) is 36.1 Å². The van der Waals surface area contributed by atoms with E-state index in [1.165, 1.54) is 0 Å². The molecule has 1 aromatic heterocycles. The number of piperidine rings is 1. The van der Waals surface area contributed by atoms with E-state index in [9.17, 15) is 14.4 Å². The number of fused-ring (bicyclic) bond motifs is 1. The van der Waals surface area contributed by atoms with Crippen molar-refractivity contribution in [3.63, 3.8) is 0 Å². The van der Waals surface area contributed by atoms with E-state index in [1.807, 2.05) is 78.1 Å². The van der Waals surface area contributed by atoms with E-state index >= 15 is 0 Å². The molecule has 2 N–H and O–H groups in total. The fourth-order valence-corrected chi connectivity index (χ4v) is 5.02. The molecule has 0 spiro atoms. The molecule has 0 saturated carbocycles. The Balaban J connectivity index is 1.38. The minimum atomic E-state index is -0.274. The number of hydrogen-bond acceptors (Lipinski definition) is 4. The smallest absolute Gasteiger partial charge is 0.326 e. The standard InChI is InChI=1S/C26H33N5O3S/c1-18(2)16-30(25(33)27-19-8-10-21(35-3)11-9-19)17-24(32)29-14-12-20(13-15-29)31-23-7-5-4-6-22(23)28-26(31)34/h4-11,18,20H,12-17H2,1-3H3,(H,27,33)(H,28,34). The van der Waals surface area contributed by atoms with Crippen molar-refractivity contribution >= 4 is 40.4 Å². The SMILES string of the molecule is CSc1ccc(NC(=O)N(CC(=O)N2CCC(n3c(=O)[nH]c4ccccc43)CC2)CC(C)C)cc1. The highest BCUT2D eigenvalue weighted by Gasteiger charge is 2.28. The molecule has 2 aromatic carbocycles. The molecule has 1 aliphatic heterocycles. The Morgan fingerprint density at radius 1 is 1.11 bits per heavy atom. The highest BCUT2D eigenvalue weighted by molar-refractivity contribution is 7.98. The summed E-state index contributed by atoms with van der Waals surface area (Å²) in [5, 5.41) is 2.92. The molecule has 8 nitrogen and oxygen atoms in total. The second kappa shape index (κ2) is 11.0. The van der Waals surface area contributed by atoms with E-state index < -0.39 is 0 Å². The zero-order valence-electron chi connectivity index (χ0n) is 20.5. The molecule has 3 aromatic rings. The van der Waals surface area contributed by atoms with Crippen LogP contribution in [0.25, 0.3) is 11.0 Å². The van der Waals surface area contributed by atoms with Crippen LogP contribution in [0.1, 0.15) is 32.7 Å². The number of carbonyl (C=O) groups excluding carboxylic acids is 2. The van der Waals surface area contributed by atoms with Gasteiger partial charge in [0.25, 0.3) is 0 Å². The van der Waals surface area contributed by atoms with Crippen LogP contribution < -0.4 is 11.0 Å². The second-order valence-corrected chi connectivity index (χ2v) is 10.2. The van der Waals surface area contributed by atoms with Gasteiger partial charge in [0.2, 0.25) is 5.91 Å². The van der Waals surface area contributed by atoms with E-state index in [0.29, 0.717) is 38.2 Å². The first-order valence-electron chi connectivity index (χ1n) is 12.0. The van der Waals surface area contributed by atoms with Crippen LogP contribution in [0.15, 0.2) is 58.2 Å². The van der Waals surface area contributed by atoms with Gasteiger partial charge in [-0.3, -0.25) is 9.36 Å². The summed E-state index contributed by atoms with van der Waals surface area (Å²) in [5.41, 5.74) is 2.32. The van der Waals surface area contributed by atoms with Gasteiger partial charge < -0.3 is 20.1 Å². The maximum atomic E-state index is 13.1. The van der Waals surface area contributed by atoms with E-state index in [4.69, 9.17) is 0 Å². The molecular formula is C26H33N5O3S. The largest absolute Gasteiger partial charge is 0.341 e. The van der Waals surface area contributed by atoms with Crippen molar-refractivity contribution in [3.05, 3.63) is 59.0 Å². The van der Waals surface area contributed by atoms with Crippen LogP contribution >= 0.6 is 11.8 Å². The van der Waals surface area contributed by atoms with Crippen LogP contribution in [0.5, 0.6) is 0 Å². The summed E-state index contributed by atoms with van der Waals surface area (Å²) in [5.74, 6) is 0.162. The number of aromatic nitrogens is 2. The molecule has 35 heavy (non-hydrogen) atoms. The summed E-state index contributed by atoms with van der Waals surface area (Å²) in [6.45, 7) is 5.70. The van der Waals surface area contributed by atoms with Crippen LogP contribution in [0.3, 0.4) is 0 Å². The summed E-state index contributed by atoms with van der Waals surface area (Å²) < 4.78 is 1.82. The fourth-order valence-electron chi connectivity index (χ4n) is 4.61. The van der Waals surface area contributed by atoms with E-state index in [1.54, 1.807) is 16.7 Å². The van der Waals surface area contributed by atoms with Crippen LogP contribution in [0.2, 0.25) is 0 Å².